The number of rotatable bonds is 5. The van der Waals surface area contributed by atoms with Gasteiger partial charge in [-0.1, -0.05) is 24.3 Å². The van der Waals surface area contributed by atoms with Crippen molar-refractivity contribution >= 4 is 5.91 Å². The van der Waals surface area contributed by atoms with Crippen LogP contribution >= 0.6 is 0 Å². The molecule has 0 radical (unpaired) electrons. The molecule has 3 heteroatoms. The van der Waals surface area contributed by atoms with Gasteiger partial charge in [0.2, 0.25) is 5.91 Å². The van der Waals surface area contributed by atoms with Crippen LogP contribution in [0.2, 0.25) is 0 Å². The van der Waals surface area contributed by atoms with Crippen LogP contribution < -0.4 is 5.32 Å². The zero-order chi connectivity index (χ0) is 14.1. The maximum Gasteiger partial charge on any atom is 0.226 e. The third kappa shape index (κ3) is 2.35. The molecule has 0 bridgehead atoms. The molecule has 3 unspecified atom stereocenters. The number of hydrogen-bond donors (Lipinski definition) is 1. The van der Waals surface area contributed by atoms with Crippen molar-refractivity contribution in [2.75, 3.05) is 27.2 Å². The van der Waals surface area contributed by atoms with E-state index in [0.29, 0.717) is 17.7 Å². The summed E-state index contributed by atoms with van der Waals surface area (Å²) in [6.07, 6.45) is 3.35. The Morgan fingerprint density at radius 3 is 3.00 bits per heavy atom. The molecule has 3 rings (SSSR count). The van der Waals surface area contributed by atoms with Crippen molar-refractivity contribution < 1.29 is 4.79 Å². The number of nitrogens with zero attached hydrogens (tertiary/aromatic N) is 1. The molecule has 0 aromatic heterocycles. The Hall–Kier alpha value is -1.35. The van der Waals surface area contributed by atoms with Gasteiger partial charge in [-0.05, 0) is 55.8 Å². The summed E-state index contributed by atoms with van der Waals surface area (Å²) in [7, 11) is 3.91. The normalized spacial score (nSPS) is 26.6. The van der Waals surface area contributed by atoms with Gasteiger partial charge < -0.3 is 10.2 Å². The molecule has 1 aromatic carbocycles. The zero-order valence-electron chi connectivity index (χ0n) is 12.4. The summed E-state index contributed by atoms with van der Waals surface area (Å²) in [6.45, 7) is 1.83. The Bertz CT molecular complexity index is 500. The van der Waals surface area contributed by atoms with E-state index < -0.39 is 0 Å². The second-order valence-corrected chi connectivity index (χ2v) is 6.17. The first-order chi connectivity index (χ1) is 9.74. The van der Waals surface area contributed by atoms with Crippen LogP contribution in [0.5, 0.6) is 0 Å². The van der Waals surface area contributed by atoms with Gasteiger partial charge in [-0.25, -0.2) is 0 Å². The molecule has 2 aliphatic rings. The van der Waals surface area contributed by atoms with E-state index in [9.17, 15) is 4.79 Å². The average Bonchev–Trinajstić information content (AvgIpc) is 3.21. The van der Waals surface area contributed by atoms with Crippen molar-refractivity contribution in [1.29, 1.82) is 0 Å². The lowest BCUT2D eigenvalue weighted by Crippen LogP contribution is -2.31. The highest BCUT2D eigenvalue weighted by molar-refractivity contribution is 5.84. The molecule has 0 saturated heterocycles. The molecule has 0 heterocycles. The number of hydrogen-bond acceptors (Lipinski definition) is 2. The number of amides is 1. The molecule has 3 nitrogen and oxygen atoms in total. The van der Waals surface area contributed by atoms with Crippen LogP contribution in [0, 0.1) is 11.8 Å². The minimum Gasteiger partial charge on any atom is -0.345 e. The molecule has 2 aliphatic carbocycles. The van der Waals surface area contributed by atoms with Gasteiger partial charge in [0.05, 0.1) is 0 Å². The van der Waals surface area contributed by atoms with E-state index in [1.54, 1.807) is 0 Å². The molecule has 108 valence electrons. The topological polar surface area (TPSA) is 32.3 Å². The number of carbonyl (C=O) groups is 1. The van der Waals surface area contributed by atoms with Crippen LogP contribution in [0.25, 0.3) is 0 Å². The molecule has 1 N–H and O–H groups in total. The SMILES string of the molecule is CNCCCN(C)C(=O)C1C2CCc3ccccc3C21. The lowest BCUT2D eigenvalue weighted by molar-refractivity contribution is -0.131. The molecular weight excluding hydrogens is 248 g/mol. The highest BCUT2D eigenvalue weighted by atomic mass is 16.2. The average molecular weight is 272 g/mol. The number of carbonyl (C=O) groups excluding carboxylic acids is 1. The Morgan fingerprint density at radius 1 is 1.40 bits per heavy atom. The first-order valence-electron chi connectivity index (χ1n) is 7.71. The largest absolute Gasteiger partial charge is 0.345 e. The van der Waals surface area contributed by atoms with Crippen molar-refractivity contribution in [3.8, 4) is 0 Å². The summed E-state index contributed by atoms with van der Waals surface area (Å²) >= 11 is 0. The lowest BCUT2D eigenvalue weighted by atomic mass is 9.92. The smallest absolute Gasteiger partial charge is 0.226 e. The van der Waals surface area contributed by atoms with Gasteiger partial charge in [0.1, 0.15) is 0 Å². The van der Waals surface area contributed by atoms with Gasteiger partial charge in [0.25, 0.3) is 0 Å². The lowest BCUT2D eigenvalue weighted by Gasteiger charge is -2.17. The molecule has 0 aliphatic heterocycles. The van der Waals surface area contributed by atoms with Crippen molar-refractivity contribution in [1.82, 2.24) is 10.2 Å². The predicted octanol–water partition coefficient (Wildman–Crippen LogP) is 2.03. The standard InChI is InChI=1S/C17H24N2O/c1-18-10-5-11-19(2)17(20)16-14-9-8-12-6-3-4-7-13(12)15(14)16/h3-4,6-7,14-16,18H,5,8-11H2,1-2H3. The fourth-order valence-corrected chi connectivity index (χ4v) is 3.76. The second kappa shape index (κ2) is 5.57. The Labute approximate surface area is 121 Å². The van der Waals surface area contributed by atoms with Crippen LogP contribution in [-0.4, -0.2) is 38.0 Å². The fourth-order valence-electron chi connectivity index (χ4n) is 3.76. The zero-order valence-corrected chi connectivity index (χ0v) is 12.4. The summed E-state index contributed by atoms with van der Waals surface area (Å²) in [6, 6.07) is 8.67. The first-order valence-corrected chi connectivity index (χ1v) is 7.71. The van der Waals surface area contributed by atoms with Gasteiger partial charge in [0.15, 0.2) is 0 Å². The molecule has 3 atom stereocenters. The van der Waals surface area contributed by atoms with Gasteiger partial charge in [0, 0.05) is 19.5 Å². The van der Waals surface area contributed by atoms with Crippen LogP contribution in [0.3, 0.4) is 0 Å². The molecule has 1 aromatic rings. The highest BCUT2D eigenvalue weighted by Crippen LogP contribution is 2.60. The van der Waals surface area contributed by atoms with E-state index >= 15 is 0 Å². The van der Waals surface area contributed by atoms with E-state index in [1.807, 2.05) is 19.0 Å². The summed E-state index contributed by atoms with van der Waals surface area (Å²) in [5.74, 6) is 1.70. The van der Waals surface area contributed by atoms with Gasteiger partial charge in [-0.2, -0.15) is 0 Å². The summed E-state index contributed by atoms with van der Waals surface area (Å²) in [5, 5.41) is 3.13. The minimum atomic E-state index is 0.248. The quantitative estimate of drug-likeness (QED) is 0.832. The van der Waals surface area contributed by atoms with E-state index in [4.69, 9.17) is 0 Å². The number of aryl methyl sites for hydroxylation is 1. The van der Waals surface area contributed by atoms with Gasteiger partial charge in [-0.3, -0.25) is 4.79 Å². The third-order valence-corrected chi connectivity index (χ3v) is 4.91. The summed E-state index contributed by atoms with van der Waals surface area (Å²) in [4.78, 5) is 14.5. The van der Waals surface area contributed by atoms with E-state index in [1.165, 1.54) is 17.5 Å². The molecule has 1 amide bonds. The molecule has 1 fully saturated rings. The van der Waals surface area contributed by atoms with Crippen molar-refractivity contribution in [3.05, 3.63) is 35.4 Å². The van der Waals surface area contributed by atoms with Gasteiger partial charge in [-0.15, -0.1) is 0 Å². The maximum atomic E-state index is 12.6. The molecule has 20 heavy (non-hydrogen) atoms. The maximum absolute atomic E-state index is 12.6. The third-order valence-electron chi connectivity index (χ3n) is 4.91. The number of benzene rings is 1. The van der Waals surface area contributed by atoms with Crippen LogP contribution in [0.15, 0.2) is 24.3 Å². The number of nitrogens with one attached hydrogen (secondary N) is 1. The van der Waals surface area contributed by atoms with Crippen molar-refractivity contribution in [3.63, 3.8) is 0 Å². The minimum absolute atomic E-state index is 0.248. The summed E-state index contributed by atoms with van der Waals surface area (Å²) < 4.78 is 0. The van der Waals surface area contributed by atoms with Crippen molar-refractivity contribution in [2.45, 2.75) is 25.2 Å². The highest BCUT2D eigenvalue weighted by Gasteiger charge is 2.57. The summed E-state index contributed by atoms with van der Waals surface area (Å²) in [5.41, 5.74) is 2.90. The Kier molecular flexibility index (Phi) is 3.79. The fraction of sp³-hybridized carbons (Fsp3) is 0.588. The molecule has 0 spiro atoms. The number of fused-ring (bicyclic) bond motifs is 3. The van der Waals surface area contributed by atoms with E-state index in [-0.39, 0.29) is 5.92 Å². The van der Waals surface area contributed by atoms with Gasteiger partial charge >= 0.3 is 0 Å². The molecule has 1 saturated carbocycles. The van der Waals surface area contributed by atoms with Crippen LogP contribution in [0.4, 0.5) is 0 Å². The predicted molar refractivity (Wildman–Crippen MR) is 80.7 cm³/mol. The van der Waals surface area contributed by atoms with E-state index in [0.717, 1.165) is 25.9 Å². The Morgan fingerprint density at radius 2 is 2.20 bits per heavy atom. The van der Waals surface area contributed by atoms with Crippen LogP contribution in [-0.2, 0) is 11.2 Å². The van der Waals surface area contributed by atoms with Crippen molar-refractivity contribution in [2.24, 2.45) is 11.8 Å². The molecular formula is C17H24N2O. The van der Waals surface area contributed by atoms with Crippen LogP contribution in [0.1, 0.15) is 29.9 Å². The monoisotopic (exact) mass is 272 g/mol. The first kappa shape index (κ1) is 13.6. The Balaban J connectivity index is 1.65. The van der Waals surface area contributed by atoms with E-state index in [2.05, 4.69) is 29.6 Å². The second-order valence-electron chi connectivity index (χ2n) is 6.17.